The lowest BCUT2D eigenvalue weighted by Gasteiger charge is -2.18. The second-order valence-electron chi connectivity index (χ2n) is 4.87. The van der Waals surface area contributed by atoms with E-state index in [0.29, 0.717) is 0 Å². The number of hydrogen-bond donors (Lipinski definition) is 2. The van der Waals surface area contributed by atoms with Crippen molar-refractivity contribution in [3.63, 3.8) is 0 Å². The first kappa shape index (κ1) is 14.1. The van der Waals surface area contributed by atoms with Gasteiger partial charge < -0.3 is 11.1 Å². The summed E-state index contributed by atoms with van der Waals surface area (Å²) >= 11 is 0. The van der Waals surface area contributed by atoms with Crippen LogP contribution in [0.3, 0.4) is 0 Å². The number of primary amides is 1. The topological polar surface area (TPSA) is 55.1 Å². The maximum absolute atomic E-state index is 13.9. The van der Waals surface area contributed by atoms with Gasteiger partial charge in [-0.05, 0) is 32.0 Å². The Labute approximate surface area is 117 Å². The normalized spacial score (nSPS) is 11.9. The Morgan fingerprint density at radius 2 is 1.70 bits per heavy atom. The van der Waals surface area contributed by atoms with E-state index in [4.69, 9.17) is 5.73 Å². The minimum atomic E-state index is -0.891. The number of amides is 1. The SMILES string of the molecule is Cc1ccc(NC(C(N)=O)c2cc(C)ccc2F)cc1. The van der Waals surface area contributed by atoms with Crippen molar-refractivity contribution in [3.8, 4) is 0 Å². The molecule has 2 aromatic rings. The number of halogens is 1. The number of carbonyl (C=O) groups is 1. The molecular formula is C16H17FN2O. The summed E-state index contributed by atoms with van der Waals surface area (Å²) in [4.78, 5) is 11.6. The molecule has 0 aliphatic rings. The van der Waals surface area contributed by atoms with Gasteiger partial charge in [0.25, 0.3) is 0 Å². The number of rotatable bonds is 4. The van der Waals surface area contributed by atoms with Crippen molar-refractivity contribution in [2.75, 3.05) is 5.32 Å². The number of nitrogens with two attached hydrogens (primary N) is 1. The Balaban J connectivity index is 2.34. The lowest BCUT2D eigenvalue weighted by Crippen LogP contribution is -2.28. The first-order chi connectivity index (χ1) is 9.47. The van der Waals surface area contributed by atoms with Crippen molar-refractivity contribution in [2.45, 2.75) is 19.9 Å². The van der Waals surface area contributed by atoms with Gasteiger partial charge in [-0.3, -0.25) is 4.79 Å². The van der Waals surface area contributed by atoms with Gasteiger partial charge in [-0.2, -0.15) is 0 Å². The molecule has 4 heteroatoms. The van der Waals surface area contributed by atoms with Crippen LogP contribution in [0.4, 0.5) is 10.1 Å². The van der Waals surface area contributed by atoms with Crippen molar-refractivity contribution >= 4 is 11.6 Å². The van der Waals surface area contributed by atoms with Crippen LogP contribution in [0.25, 0.3) is 0 Å². The Kier molecular flexibility index (Phi) is 4.03. The van der Waals surface area contributed by atoms with Gasteiger partial charge in [0, 0.05) is 11.3 Å². The van der Waals surface area contributed by atoms with E-state index in [1.165, 1.54) is 6.07 Å². The average Bonchev–Trinajstić information content (AvgIpc) is 2.41. The molecule has 0 bridgehead atoms. The van der Waals surface area contributed by atoms with Crippen LogP contribution in [-0.4, -0.2) is 5.91 Å². The molecule has 1 atom stereocenters. The maximum Gasteiger partial charge on any atom is 0.244 e. The molecule has 0 aliphatic heterocycles. The zero-order chi connectivity index (χ0) is 14.7. The molecule has 0 spiro atoms. The summed E-state index contributed by atoms with van der Waals surface area (Å²) in [5, 5.41) is 2.98. The highest BCUT2D eigenvalue weighted by Crippen LogP contribution is 2.23. The van der Waals surface area contributed by atoms with Gasteiger partial charge in [0.1, 0.15) is 11.9 Å². The van der Waals surface area contributed by atoms with Crippen LogP contribution in [0.15, 0.2) is 42.5 Å². The third-order valence-electron chi connectivity index (χ3n) is 3.11. The molecule has 2 rings (SSSR count). The summed E-state index contributed by atoms with van der Waals surface area (Å²) in [6, 6.07) is 11.2. The van der Waals surface area contributed by atoms with Crippen molar-refractivity contribution in [2.24, 2.45) is 5.73 Å². The first-order valence-electron chi connectivity index (χ1n) is 6.36. The third kappa shape index (κ3) is 3.15. The van der Waals surface area contributed by atoms with Crippen molar-refractivity contribution in [1.82, 2.24) is 0 Å². The second kappa shape index (κ2) is 5.74. The van der Waals surface area contributed by atoms with Gasteiger partial charge in [0.15, 0.2) is 0 Å². The number of anilines is 1. The van der Waals surface area contributed by atoms with Crippen molar-refractivity contribution in [1.29, 1.82) is 0 Å². The molecule has 0 saturated heterocycles. The fraction of sp³-hybridized carbons (Fsp3) is 0.188. The van der Waals surface area contributed by atoms with E-state index >= 15 is 0 Å². The van der Waals surface area contributed by atoms with Crippen LogP contribution >= 0.6 is 0 Å². The molecule has 104 valence electrons. The van der Waals surface area contributed by atoms with E-state index in [9.17, 15) is 9.18 Å². The summed E-state index contributed by atoms with van der Waals surface area (Å²) in [5.41, 5.74) is 8.36. The summed E-state index contributed by atoms with van der Waals surface area (Å²) in [6.07, 6.45) is 0. The standard InChI is InChI=1S/C16H17FN2O/c1-10-3-6-12(7-4-10)19-15(16(18)20)13-9-11(2)5-8-14(13)17/h3-9,15,19H,1-2H3,(H2,18,20). The van der Waals surface area contributed by atoms with Crippen LogP contribution in [-0.2, 0) is 4.79 Å². The number of carbonyl (C=O) groups excluding carboxylic acids is 1. The van der Waals surface area contributed by atoms with E-state index in [1.807, 2.05) is 38.1 Å². The fourth-order valence-electron chi connectivity index (χ4n) is 2.00. The predicted octanol–water partition coefficient (Wildman–Crippen LogP) is 3.08. The smallest absolute Gasteiger partial charge is 0.244 e. The fourth-order valence-corrected chi connectivity index (χ4v) is 2.00. The highest BCUT2D eigenvalue weighted by Gasteiger charge is 2.21. The van der Waals surface area contributed by atoms with Crippen LogP contribution in [0.2, 0.25) is 0 Å². The Hall–Kier alpha value is -2.36. The van der Waals surface area contributed by atoms with Crippen LogP contribution in [0.1, 0.15) is 22.7 Å². The van der Waals surface area contributed by atoms with E-state index < -0.39 is 17.8 Å². The lowest BCUT2D eigenvalue weighted by molar-refractivity contribution is -0.118. The molecule has 0 saturated carbocycles. The first-order valence-corrected chi connectivity index (χ1v) is 6.36. The minimum absolute atomic E-state index is 0.262. The molecule has 0 aromatic heterocycles. The number of benzene rings is 2. The molecule has 20 heavy (non-hydrogen) atoms. The number of aryl methyl sites for hydroxylation is 2. The highest BCUT2D eigenvalue weighted by molar-refractivity contribution is 5.84. The largest absolute Gasteiger partial charge is 0.370 e. The lowest BCUT2D eigenvalue weighted by atomic mass is 10.0. The number of nitrogens with one attached hydrogen (secondary N) is 1. The molecule has 2 aromatic carbocycles. The van der Waals surface area contributed by atoms with Gasteiger partial charge in [-0.15, -0.1) is 0 Å². The summed E-state index contributed by atoms with van der Waals surface area (Å²) in [6.45, 7) is 3.81. The Morgan fingerprint density at radius 1 is 1.10 bits per heavy atom. The molecule has 0 radical (unpaired) electrons. The molecule has 1 unspecified atom stereocenters. The molecule has 0 aliphatic carbocycles. The second-order valence-corrected chi connectivity index (χ2v) is 4.87. The van der Waals surface area contributed by atoms with Gasteiger partial charge in [-0.25, -0.2) is 4.39 Å². The molecule has 1 amide bonds. The van der Waals surface area contributed by atoms with E-state index in [0.717, 1.165) is 16.8 Å². The van der Waals surface area contributed by atoms with Crippen molar-refractivity contribution in [3.05, 3.63) is 65.0 Å². The molecule has 3 nitrogen and oxygen atoms in total. The van der Waals surface area contributed by atoms with Gasteiger partial charge >= 0.3 is 0 Å². The van der Waals surface area contributed by atoms with Crippen LogP contribution < -0.4 is 11.1 Å². The van der Waals surface area contributed by atoms with Crippen LogP contribution in [0.5, 0.6) is 0 Å². The van der Waals surface area contributed by atoms with E-state index in [2.05, 4.69) is 5.32 Å². The molecular weight excluding hydrogens is 255 g/mol. The van der Waals surface area contributed by atoms with E-state index in [1.54, 1.807) is 12.1 Å². The van der Waals surface area contributed by atoms with Gasteiger partial charge in [-0.1, -0.05) is 35.4 Å². The Morgan fingerprint density at radius 3 is 2.30 bits per heavy atom. The van der Waals surface area contributed by atoms with Crippen molar-refractivity contribution < 1.29 is 9.18 Å². The Bertz CT molecular complexity index is 623. The minimum Gasteiger partial charge on any atom is -0.370 e. The number of hydrogen-bond acceptors (Lipinski definition) is 2. The summed E-state index contributed by atoms with van der Waals surface area (Å²) in [5.74, 6) is -1.06. The zero-order valence-corrected chi connectivity index (χ0v) is 11.5. The average molecular weight is 272 g/mol. The monoisotopic (exact) mass is 272 g/mol. The molecule has 3 N–H and O–H groups in total. The molecule has 0 heterocycles. The quantitative estimate of drug-likeness (QED) is 0.898. The zero-order valence-electron chi connectivity index (χ0n) is 11.5. The molecule has 0 fully saturated rings. The summed E-state index contributed by atoms with van der Waals surface area (Å²) in [7, 11) is 0. The summed E-state index contributed by atoms with van der Waals surface area (Å²) < 4.78 is 13.9. The van der Waals surface area contributed by atoms with Gasteiger partial charge in [0.2, 0.25) is 5.91 Å². The maximum atomic E-state index is 13.9. The third-order valence-corrected chi connectivity index (χ3v) is 3.11. The predicted molar refractivity (Wildman–Crippen MR) is 77.9 cm³/mol. The van der Waals surface area contributed by atoms with Crippen LogP contribution in [0, 0.1) is 19.7 Å². The highest BCUT2D eigenvalue weighted by atomic mass is 19.1. The van der Waals surface area contributed by atoms with Gasteiger partial charge in [0.05, 0.1) is 0 Å². The van der Waals surface area contributed by atoms with E-state index in [-0.39, 0.29) is 5.56 Å².